The smallest absolute Gasteiger partial charge is 0.225 e. The Balaban J connectivity index is 1.26. The molecule has 0 spiro atoms. The van der Waals surface area contributed by atoms with Crippen LogP contribution in [0.1, 0.15) is 51.3 Å². The van der Waals surface area contributed by atoms with E-state index in [0.29, 0.717) is 30.5 Å². The van der Waals surface area contributed by atoms with E-state index in [2.05, 4.69) is 37.7 Å². The van der Waals surface area contributed by atoms with Crippen molar-refractivity contribution in [3.8, 4) is 11.6 Å². The summed E-state index contributed by atoms with van der Waals surface area (Å²) in [6.07, 6.45) is 8.99. The molecule has 168 valence electrons. The first kappa shape index (κ1) is 21.4. The summed E-state index contributed by atoms with van der Waals surface area (Å²) in [5.41, 5.74) is 0. The van der Waals surface area contributed by atoms with Crippen LogP contribution in [0.5, 0.6) is 0 Å². The molecule has 1 aliphatic carbocycles. The topological polar surface area (TPSA) is 111 Å². The second-order valence-electron chi connectivity index (χ2n) is 8.34. The van der Waals surface area contributed by atoms with Gasteiger partial charge in [0.1, 0.15) is 5.82 Å². The van der Waals surface area contributed by atoms with Crippen molar-refractivity contribution in [1.82, 2.24) is 30.7 Å². The van der Waals surface area contributed by atoms with Gasteiger partial charge in [0.05, 0.1) is 6.26 Å². The fourth-order valence-corrected chi connectivity index (χ4v) is 4.40. The molecule has 31 heavy (non-hydrogen) atoms. The van der Waals surface area contributed by atoms with Gasteiger partial charge in [-0.1, -0.05) is 19.3 Å². The molecule has 1 saturated heterocycles. The van der Waals surface area contributed by atoms with E-state index < -0.39 is 0 Å². The molecule has 1 unspecified atom stereocenters. The number of nitrogens with zero attached hydrogens (tertiary/aromatic N) is 4. The molecule has 3 heterocycles. The van der Waals surface area contributed by atoms with Crippen molar-refractivity contribution in [2.24, 2.45) is 10.9 Å². The molecule has 0 aromatic carbocycles. The highest BCUT2D eigenvalue weighted by molar-refractivity contribution is 5.81. The molecule has 0 radical (unpaired) electrons. The zero-order valence-electron chi connectivity index (χ0n) is 18.3. The van der Waals surface area contributed by atoms with Crippen LogP contribution in [0.3, 0.4) is 0 Å². The minimum atomic E-state index is 0.237. The van der Waals surface area contributed by atoms with Gasteiger partial charge >= 0.3 is 0 Å². The minimum Gasteiger partial charge on any atom is -0.461 e. The van der Waals surface area contributed by atoms with E-state index >= 15 is 0 Å². The molecule has 1 aliphatic heterocycles. The molecule has 1 atom stereocenters. The van der Waals surface area contributed by atoms with Crippen molar-refractivity contribution in [2.45, 2.75) is 57.9 Å². The second-order valence-corrected chi connectivity index (χ2v) is 8.34. The highest BCUT2D eigenvalue weighted by Crippen LogP contribution is 2.26. The Bertz CT molecular complexity index is 855. The van der Waals surface area contributed by atoms with Crippen LogP contribution in [0, 0.1) is 5.92 Å². The van der Waals surface area contributed by atoms with E-state index in [4.69, 9.17) is 4.42 Å². The average Bonchev–Trinajstić information content (AvgIpc) is 3.56. The Kier molecular flexibility index (Phi) is 7.22. The summed E-state index contributed by atoms with van der Waals surface area (Å²) in [6.45, 7) is 5.01. The highest BCUT2D eigenvalue weighted by Gasteiger charge is 2.31. The number of nitrogens with one attached hydrogen (secondary N) is 3. The number of aromatic nitrogens is 3. The highest BCUT2D eigenvalue weighted by atomic mass is 16.3. The van der Waals surface area contributed by atoms with Crippen LogP contribution in [-0.4, -0.2) is 64.2 Å². The second kappa shape index (κ2) is 10.5. The van der Waals surface area contributed by atoms with E-state index in [1.54, 1.807) is 6.26 Å². The molecule has 2 aromatic rings. The quantitative estimate of drug-likeness (QED) is 0.462. The number of aliphatic imine (C=N–C) groups is 1. The maximum atomic E-state index is 12.8. The van der Waals surface area contributed by atoms with Crippen LogP contribution < -0.4 is 10.6 Å². The number of H-pyrrole nitrogens is 1. The minimum absolute atomic E-state index is 0.237. The van der Waals surface area contributed by atoms with E-state index in [-0.39, 0.29) is 12.0 Å². The van der Waals surface area contributed by atoms with Crippen LogP contribution in [0.2, 0.25) is 0 Å². The van der Waals surface area contributed by atoms with Gasteiger partial charge < -0.3 is 20.0 Å². The van der Waals surface area contributed by atoms with Gasteiger partial charge in [0.2, 0.25) is 11.7 Å². The summed E-state index contributed by atoms with van der Waals surface area (Å²) in [5, 5.41) is 13.9. The normalized spacial score (nSPS) is 20.2. The summed E-state index contributed by atoms with van der Waals surface area (Å²) in [7, 11) is 0. The van der Waals surface area contributed by atoms with Crippen molar-refractivity contribution in [3.63, 3.8) is 0 Å². The molecular weight excluding hydrogens is 394 g/mol. The Morgan fingerprint density at radius 1 is 1.32 bits per heavy atom. The SMILES string of the molecule is CCNC(=NCCc1nc(-c2ccco2)n[nH]1)NC1CCN(C(=O)C2CCCCC2)C1. The van der Waals surface area contributed by atoms with Gasteiger partial charge in [0, 0.05) is 44.6 Å². The molecular formula is C22H33N7O2. The van der Waals surface area contributed by atoms with E-state index in [0.717, 1.165) is 50.7 Å². The maximum Gasteiger partial charge on any atom is 0.225 e. The van der Waals surface area contributed by atoms with Crippen molar-refractivity contribution < 1.29 is 9.21 Å². The first-order valence-corrected chi connectivity index (χ1v) is 11.5. The van der Waals surface area contributed by atoms with Crippen LogP contribution in [0.15, 0.2) is 27.8 Å². The number of carbonyl (C=O) groups excluding carboxylic acids is 1. The molecule has 2 aliphatic rings. The molecule has 1 saturated carbocycles. The molecule has 1 amide bonds. The van der Waals surface area contributed by atoms with Crippen LogP contribution in [0.4, 0.5) is 0 Å². The Morgan fingerprint density at radius 3 is 2.97 bits per heavy atom. The van der Waals surface area contributed by atoms with Gasteiger partial charge in [0.25, 0.3) is 0 Å². The van der Waals surface area contributed by atoms with Crippen molar-refractivity contribution in [3.05, 3.63) is 24.2 Å². The van der Waals surface area contributed by atoms with Gasteiger partial charge in [-0.25, -0.2) is 4.98 Å². The van der Waals surface area contributed by atoms with Crippen LogP contribution >= 0.6 is 0 Å². The van der Waals surface area contributed by atoms with Crippen LogP contribution in [-0.2, 0) is 11.2 Å². The lowest BCUT2D eigenvalue weighted by Crippen LogP contribution is -2.45. The largest absolute Gasteiger partial charge is 0.461 e. The number of hydrogen-bond donors (Lipinski definition) is 3. The predicted molar refractivity (Wildman–Crippen MR) is 118 cm³/mol. The molecule has 0 bridgehead atoms. The van der Waals surface area contributed by atoms with Gasteiger partial charge in [-0.05, 0) is 38.3 Å². The lowest BCUT2D eigenvalue weighted by Gasteiger charge is -2.26. The monoisotopic (exact) mass is 427 g/mol. The number of rotatable bonds is 7. The number of guanidine groups is 1. The fourth-order valence-electron chi connectivity index (χ4n) is 4.40. The Hall–Kier alpha value is -2.84. The Labute approximate surface area is 183 Å². The van der Waals surface area contributed by atoms with E-state index in [1.807, 2.05) is 17.0 Å². The summed E-state index contributed by atoms with van der Waals surface area (Å²) in [4.78, 5) is 24.0. The third-order valence-corrected chi connectivity index (χ3v) is 6.03. The summed E-state index contributed by atoms with van der Waals surface area (Å²) in [6, 6.07) is 3.89. The third kappa shape index (κ3) is 5.65. The van der Waals surface area contributed by atoms with Gasteiger partial charge in [-0.2, -0.15) is 5.10 Å². The third-order valence-electron chi connectivity index (χ3n) is 6.03. The number of likely N-dealkylation sites (tertiary alicyclic amines) is 1. The molecule has 9 nitrogen and oxygen atoms in total. The first-order valence-electron chi connectivity index (χ1n) is 11.5. The van der Waals surface area contributed by atoms with Gasteiger partial charge in [0.15, 0.2) is 11.7 Å². The lowest BCUT2D eigenvalue weighted by atomic mass is 9.88. The molecule has 3 N–H and O–H groups in total. The summed E-state index contributed by atoms with van der Waals surface area (Å²) in [5.74, 6) is 3.35. The van der Waals surface area contributed by atoms with Crippen molar-refractivity contribution in [2.75, 3.05) is 26.2 Å². The zero-order chi connectivity index (χ0) is 21.5. The Morgan fingerprint density at radius 2 is 2.19 bits per heavy atom. The standard InChI is InChI=1S/C22H33N7O2/c1-2-23-22(24-12-10-19-26-20(28-27-19)18-9-6-14-31-18)25-17-11-13-29(15-17)21(30)16-7-4-3-5-8-16/h6,9,14,16-17H,2-5,7-8,10-13,15H2,1H3,(H2,23,24,25)(H,26,27,28). The van der Waals surface area contributed by atoms with Gasteiger partial charge in [-0.15, -0.1) is 0 Å². The zero-order valence-corrected chi connectivity index (χ0v) is 18.3. The fraction of sp³-hybridized carbons (Fsp3) is 0.636. The maximum absolute atomic E-state index is 12.8. The lowest BCUT2D eigenvalue weighted by molar-refractivity contribution is -0.135. The van der Waals surface area contributed by atoms with E-state index in [9.17, 15) is 4.79 Å². The van der Waals surface area contributed by atoms with Crippen molar-refractivity contribution in [1.29, 1.82) is 0 Å². The molecule has 4 rings (SSSR count). The molecule has 2 aromatic heterocycles. The van der Waals surface area contributed by atoms with E-state index in [1.165, 1.54) is 19.3 Å². The average molecular weight is 428 g/mol. The molecule has 2 fully saturated rings. The summed E-state index contributed by atoms with van der Waals surface area (Å²) < 4.78 is 5.33. The summed E-state index contributed by atoms with van der Waals surface area (Å²) >= 11 is 0. The number of carbonyl (C=O) groups is 1. The molecule has 9 heteroatoms. The van der Waals surface area contributed by atoms with Crippen LogP contribution in [0.25, 0.3) is 11.6 Å². The number of hydrogen-bond acceptors (Lipinski definition) is 5. The predicted octanol–water partition coefficient (Wildman–Crippen LogP) is 2.34. The van der Waals surface area contributed by atoms with Gasteiger partial charge in [-0.3, -0.25) is 14.9 Å². The number of aromatic amines is 1. The number of amides is 1. The first-order chi connectivity index (χ1) is 15.2. The van der Waals surface area contributed by atoms with Crippen molar-refractivity contribution >= 4 is 11.9 Å². The number of furan rings is 1.